The Hall–Kier alpha value is -2.90. The lowest BCUT2D eigenvalue weighted by Crippen LogP contribution is -2.35. The third-order valence-corrected chi connectivity index (χ3v) is 6.85. The number of allylic oxidation sites excluding steroid dienone is 2. The summed E-state index contributed by atoms with van der Waals surface area (Å²) in [7, 11) is 0. The van der Waals surface area contributed by atoms with Gasteiger partial charge in [-0.3, -0.25) is 9.78 Å². The van der Waals surface area contributed by atoms with Gasteiger partial charge in [-0.1, -0.05) is 38.9 Å². The lowest BCUT2D eigenvalue weighted by Gasteiger charge is -2.30. The maximum atomic E-state index is 12.3. The van der Waals surface area contributed by atoms with Crippen LogP contribution >= 0.6 is 0 Å². The molecule has 3 heterocycles. The van der Waals surface area contributed by atoms with Gasteiger partial charge in [-0.2, -0.15) is 4.98 Å². The van der Waals surface area contributed by atoms with E-state index in [1.54, 1.807) is 0 Å². The van der Waals surface area contributed by atoms with Gasteiger partial charge in [0.15, 0.2) is 5.82 Å². The lowest BCUT2D eigenvalue weighted by atomic mass is 9.87. The number of nitrogens with one attached hydrogen (secondary N) is 1. The van der Waals surface area contributed by atoms with Crippen LogP contribution in [0.2, 0.25) is 0 Å². The second-order valence-electron chi connectivity index (χ2n) is 10.6. The molecule has 0 saturated carbocycles. The first-order valence-electron chi connectivity index (χ1n) is 13.0. The second-order valence-corrected chi connectivity index (χ2v) is 10.6. The molecule has 35 heavy (non-hydrogen) atoms. The molecule has 1 N–H and O–H groups in total. The van der Waals surface area contributed by atoms with E-state index in [2.05, 4.69) is 59.1 Å². The first kappa shape index (κ1) is 25.2. The van der Waals surface area contributed by atoms with Crippen molar-refractivity contribution < 1.29 is 14.1 Å². The van der Waals surface area contributed by atoms with Crippen LogP contribution in [0.25, 0.3) is 5.57 Å². The van der Waals surface area contributed by atoms with E-state index in [0.29, 0.717) is 24.5 Å². The molecular weight excluding hydrogens is 442 g/mol. The summed E-state index contributed by atoms with van der Waals surface area (Å²) >= 11 is 0. The molecule has 190 valence electrons. The van der Waals surface area contributed by atoms with Crippen LogP contribution in [-0.2, 0) is 4.79 Å². The van der Waals surface area contributed by atoms with Crippen molar-refractivity contribution >= 4 is 17.5 Å². The predicted molar refractivity (Wildman–Crippen MR) is 136 cm³/mol. The van der Waals surface area contributed by atoms with Crippen molar-refractivity contribution in [3.8, 4) is 5.75 Å². The number of ether oxygens (including phenoxy) is 1. The van der Waals surface area contributed by atoms with Crippen molar-refractivity contribution in [1.29, 1.82) is 0 Å². The summed E-state index contributed by atoms with van der Waals surface area (Å²) in [6.07, 6.45) is 8.58. The van der Waals surface area contributed by atoms with Gasteiger partial charge in [0.05, 0.1) is 18.5 Å². The Morgan fingerprint density at radius 3 is 2.60 bits per heavy atom. The van der Waals surface area contributed by atoms with E-state index < -0.39 is 0 Å². The maximum Gasteiger partial charge on any atom is 0.324 e. The van der Waals surface area contributed by atoms with Crippen LogP contribution in [0.5, 0.6) is 5.75 Å². The van der Waals surface area contributed by atoms with Gasteiger partial charge in [-0.25, -0.2) is 0 Å². The van der Waals surface area contributed by atoms with E-state index in [4.69, 9.17) is 9.26 Å². The number of anilines is 1. The molecule has 1 fully saturated rings. The zero-order chi connectivity index (χ0) is 24.8. The first-order valence-corrected chi connectivity index (χ1v) is 13.0. The molecule has 2 aromatic heterocycles. The molecule has 2 aromatic rings. The zero-order valence-corrected chi connectivity index (χ0v) is 21.5. The Balaban J connectivity index is 1.20. The molecule has 1 aliphatic carbocycles. The van der Waals surface area contributed by atoms with E-state index in [9.17, 15) is 4.79 Å². The van der Waals surface area contributed by atoms with Crippen LogP contribution in [0.3, 0.4) is 0 Å². The summed E-state index contributed by atoms with van der Waals surface area (Å²) in [6.45, 7) is 11.6. The number of piperidine rings is 1. The fourth-order valence-electron chi connectivity index (χ4n) is 4.50. The minimum Gasteiger partial charge on any atom is -0.492 e. The summed E-state index contributed by atoms with van der Waals surface area (Å²) in [6, 6.07) is 4.67. The fourth-order valence-corrected chi connectivity index (χ4v) is 4.50. The quantitative estimate of drug-likeness (QED) is 0.548. The van der Waals surface area contributed by atoms with Gasteiger partial charge in [0.25, 0.3) is 0 Å². The molecule has 0 radical (unpaired) electrons. The molecule has 1 atom stereocenters. The van der Waals surface area contributed by atoms with Crippen LogP contribution in [0, 0.1) is 17.8 Å². The molecule has 8 nitrogen and oxygen atoms in total. The molecule has 0 spiro atoms. The topological polar surface area (TPSA) is 93.4 Å². The Bertz CT molecular complexity index is 991. The molecule has 4 rings (SSSR count). The molecule has 1 amide bonds. The number of hydrogen-bond donors (Lipinski definition) is 1. The van der Waals surface area contributed by atoms with Crippen molar-refractivity contribution in [3.05, 3.63) is 35.9 Å². The van der Waals surface area contributed by atoms with Crippen molar-refractivity contribution in [1.82, 2.24) is 20.4 Å². The van der Waals surface area contributed by atoms with Crippen LogP contribution in [0.4, 0.5) is 6.01 Å². The minimum absolute atomic E-state index is 0.0728. The SMILES string of the molecule is CC(C)CNC(=O)C1CC=C(c2ccc(OCC3CCN(c4nc(C(C)C)no4)CC3)cn2)CC1. The lowest BCUT2D eigenvalue weighted by molar-refractivity contribution is -0.125. The van der Waals surface area contributed by atoms with Gasteiger partial charge >= 0.3 is 6.01 Å². The summed E-state index contributed by atoms with van der Waals surface area (Å²) in [5.41, 5.74) is 2.20. The van der Waals surface area contributed by atoms with Gasteiger partial charge in [0, 0.05) is 31.5 Å². The van der Waals surface area contributed by atoms with Crippen LogP contribution in [0.1, 0.15) is 77.2 Å². The smallest absolute Gasteiger partial charge is 0.324 e. The number of carbonyl (C=O) groups is 1. The van der Waals surface area contributed by atoms with Gasteiger partial charge in [-0.15, -0.1) is 0 Å². The highest BCUT2D eigenvalue weighted by Crippen LogP contribution is 2.30. The Labute approximate surface area is 208 Å². The summed E-state index contributed by atoms with van der Waals surface area (Å²) in [5, 5.41) is 7.13. The highest BCUT2D eigenvalue weighted by molar-refractivity contribution is 5.80. The van der Waals surface area contributed by atoms with Crippen molar-refractivity contribution in [2.24, 2.45) is 17.8 Å². The third kappa shape index (κ3) is 6.83. The molecular formula is C27H39N5O3. The molecule has 0 aromatic carbocycles. The summed E-state index contributed by atoms with van der Waals surface area (Å²) < 4.78 is 11.5. The summed E-state index contributed by atoms with van der Waals surface area (Å²) in [4.78, 5) is 23.6. The largest absolute Gasteiger partial charge is 0.492 e. The van der Waals surface area contributed by atoms with Crippen LogP contribution in [0.15, 0.2) is 28.9 Å². The van der Waals surface area contributed by atoms with E-state index in [-0.39, 0.29) is 17.7 Å². The monoisotopic (exact) mass is 481 g/mol. The first-order chi connectivity index (χ1) is 16.9. The highest BCUT2D eigenvalue weighted by atomic mass is 16.5. The van der Waals surface area contributed by atoms with Crippen molar-refractivity contribution in [3.63, 3.8) is 0 Å². The molecule has 8 heteroatoms. The fraction of sp³-hybridized carbons (Fsp3) is 0.630. The molecule has 2 aliphatic rings. The standard InChI is InChI=1S/C27H39N5O3/c1-18(2)15-29-26(33)22-7-5-21(6-8-22)24-10-9-23(16-28-24)34-17-20-11-13-32(14-12-20)27-30-25(19(3)4)31-35-27/h5,9-10,16,18-20,22H,6-8,11-15,17H2,1-4H3,(H,29,33). The second kappa shape index (κ2) is 11.7. The number of carbonyl (C=O) groups excluding carboxylic acids is 1. The average molecular weight is 482 g/mol. The summed E-state index contributed by atoms with van der Waals surface area (Å²) in [5.74, 6) is 3.05. The van der Waals surface area contributed by atoms with E-state index >= 15 is 0 Å². The molecule has 1 unspecified atom stereocenters. The van der Waals surface area contributed by atoms with Crippen molar-refractivity contribution in [2.45, 2.75) is 65.7 Å². The molecule has 1 aliphatic heterocycles. The number of amides is 1. The Morgan fingerprint density at radius 1 is 1.20 bits per heavy atom. The third-order valence-electron chi connectivity index (χ3n) is 6.85. The van der Waals surface area contributed by atoms with Gasteiger partial charge in [0.1, 0.15) is 5.75 Å². The normalized spacial score (nSPS) is 19.2. The van der Waals surface area contributed by atoms with Gasteiger partial charge < -0.3 is 19.5 Å². The van der Waals surface area contributed by atoms with Gasteiger partial charge in [-0.05, 0) is 61.6 Å². The van der Waals surface area contributed by atoms with Crippen LogP contribution in [-0.4, -0.2) is 47.3 Å². The number of nitrogens with zero attached hydrogens (tertiary/aromatic N) is 4. The Kier molecular flexibility index (Phi) is 8.42. The predicted octanol–water partition coefficient (Wildman–Crippen LogP) is 4.84. The van der Waals surface area contributed by atoms with E-state index in [0.717, 1.165) is 69.0 Å². The van der Waals surface area contributed by atoms with Crippen molar-refractivity contribution in [2.75, 3.05) is 31.1 Å². The number of rotatable bonds is 9. The molecule has 1 saturated heterocycles. The minimum atomic E-state index is 0.0728. The number of hydrogen-bond acceptors (Lipinski definition) is 7. The Morgan fingerprint density at radius 2 is 2.00 bits per heavy atom. The average Bonchev–Trinajstić information content (AvgIpc) is 3.38. The maximum absolute atomic E-state index is 12.3. The highest BCUT2D eigenvalue weighted by Gasteiger charge is 2.25. The number of aromatic nitrogens is 3. The van der Waals surface area contributed by atoms with E-state index in [1.165, 1.54) is 5.57 Å². The zero-order valence-electron chi connectivity index (χ0n) is 21.5. The van der Waals surface area contributed by atoms with E-state index in [1.807, 2.05) is 18.3 Å². The van der Waals surface area contributed by atoms with Gasteiger partial charge in [0.2, 0.25) is 5.91 Å². The van der Waals surface area contributed by atoms with Crippen LogP contribution < -0.4 is 15.0 Å². The molecule has 0 bridgehead atoms. The number of pyridine rings is 1.